The number of sulfonamides is 1. The van der Waals surface area contributed by atoms with E-state index in [1.54, 1.807) is 24.3 Å². The van der Waals surface area contributed by atoms with E-state index >= 15 is 0 Å². The molecule has 0 radical (unpaired) electrons. The molecule has 21 heavy (non-hydrogen) atoms. The molecule has 0 heterocycles. The second-order valence-corrected chi connectivity index (χ2v) is 7.02. The van der Waals surface area contributed by atoms with Crippen molar-refractivity contribution >= 4 is 44.6 Å². The summed E-state index contributed by atoms with van der Waals surface area (Å²) in [4.78, 5) is 0. The first-order valence-corrected chi connectivity index (χ1v) is 8.75. The van der Waals surface area contributed by atoms with Gasteiger partial charge in [0.15, 0.2) is 0 Å². The van der Waals surface area contributed by atoms with Gasteiger partial charge in [-0.1, -0.05) is 47.5 Å². The summed E-state index contributed by atoms with van der Waals surface area (Å²) < 4.78 is 25.2. The molecule has 0 spiro atoms. The Hall–Kier alpha value is -1.43. The zero-order valence-electron chi connectivity index (χ0n) is 11.2. The maximum absolute atomic E-state index is 11.3. The van der Waals surface area contributed by atoms with Crippen LogP contribution in [-0.2, 0) is 16.6 Å². The number of hydrogen-bond donors (Lipinski definition) is 2. The lowest BCUT2D eigenvalue weighted by Gasteiger charge is -2.13. The van der Waals surface area contributed by atoms with E-state index in [-0.39, 0.29) is 0 Å². The first-order valence-electron chi connectivity index (χ1n) is 6.10. The summed E-state index contributed by atoms with van der Waals surface area (Å²) in [6.07, 6.45) is 1.11. The van der Waals surface area contributed by atoms with Crippen LogP contribution in [0.5, 0.6) is 0 Å². The molecule has 112 valence electrons. The second-order valence-electron chi connectivity index (χ2n) is 4.49. The maximum Gasteiger partial charge on any atom is 0.229 e. The number of para-hydroxylation sites is 2. The third-order valence-electron chi connectivity index (χ3n) is 2.72. The zero-order valence-corrected chi connectivity index (χ0v) is 13.6. The lowest BCUT2D eigenvalue weighted by molar-refractivity contribution is 0.607. The van der Waals surface area contributed by atoms with E-state index in [0.29, 0.717) is 28.0 Å². The highest BCUT2D eigenvalue weighted by Gasteiger charge is 2.08. The van der Waals surface area contributed by atoms with Crippen LogP contribution in [0.1, 0.15) is 5.56 Å². The van der Waals surface area contributed by atoms with Crippen molar-refractivity contribution in [1.29, 1.82) is 0 Å². The van der Waals surface area contributed by atoms with Gasteiger partial charge in [-0.15, -0.1) is 0 Å². The number of halogens is 2. The molecule has 0 saturated carbocycles. The van der Waals surface area contributed by atoms with Crippen molar-refractivity contribution < 1.29 is 8.42 Å². The topological polar surface area (TPSA) is 58.2 Å². The molecule has 0 fully saturated rings. The molecule has 0 amide bonds. The first-order chi connectivity index (χ1) is 9.87. The van der Waals surface area contributed by atoms with E-state index < -0.39 is 10.0 Å². The number of hydrogen-bond acceptors (Lipinski definition) is 3. The van der Waals surface area contributed by atoms with Gasteiger partial charge in [-0.05, 0) is 23.8 Å². The molecule has 0 bridgehead atoms. The Morgan fingerprint density at radius 2 is 1.67 bits per heavy atom. The predicted octanol–water partition coefficient (Wildman–Crippen LogP) is 3.98. The van der Waals surface area contributed by atoms with Gasteiger partial charge in [0.1, 0.15) is 0 Å². The Kier molecular flexibility index (Phi) is 4.98. The van der Waals surface area contributed by atoms with Crippen molar-refractivity contribution in [2.24, 2.45) is 0 Å². The average molecular weight is 345 g/mol. The van der Waals surface area contributed by atoms with Crippen LogP contribution in [0.3, 0.4) is 0 Å². The molecule has 0 aliphatic rings. The third-order valence-corrected chi connectivity index (χ3v) is 4.17. The highest BCUT2D eigenvalue weighted by molar-refractivity contribution is 7.92. The largest absolute Gasteiger partial charge is 0.379 e. The molecule has 0 aliphatic carbocycles. The van der Waals surface area contributed by atoms with Crippen molar-refractivity contribution in [2.45, 2.75) is 6.54 Å². The minimum absolute atomic E-state index is 0.432. The summed E-state index contributed by atoms with van der Waals surface area (Å²) in [6.45, 7) is 0.432. The minimum Gasteiger partial charge on any atom is -0.379 e. The smallest absolute Gasteiger partial charge is 0.229 e. The molecule has 0 unspecified atom stereocenters. The molecule has 2 aromatic carbocycles. The minimum atomic E-state index is -3.33. The molecule has 0 atom stereocenters. The van der Waals surface area contributed by atoms with Crippen LogP contribution in [0.2, 0.25) is 10.0 Å². The van der Waals surface area contributed by atoms with Crippen molar-refractivity contribution in [2.75, 3.05) is 16.3 Å². The fourth-order valence-electron chi connectivity index (χ4n) is 1.80. The lowest BCUT2D eigenvalue weighted by Crippen LogP contribution is -2.12. The number of anilines is 2. The Labute approximate surface area is 134 Å². The standard InChI is InChI=1S/C14H14Cl2N2O2S/c1-21(19,20)18-13-8-3-2-7-12(13)17-9-10-5-4-6-11(15)14(10)16/h2-8,17-18H,9H2,1H3. The molecule has 2 rings (SSSR count). The van der Waals surface area contributed by atoms with Gasteiger partial charge in [-0.3, -0.25) is 4.72 Å². The Bertz CT molecular complexity index is 748. The molecule has 4 nitrogen and oxygen atoms in total. The van der Waals surface area contributed by atoms with Crippen molar-refractivity contribution in [1.82, 2.24) is 0 Å². The van der Waals surface area contributed by atoms with Gasteiger partial charge in [0.2, 0.25) is 10.0 Å². The van der Waals surface area contributed by atoms with Gasteiger partial charge in [-0.25, -0.2) is 8.42 Å². The second kappa shape index (κ2) is 6.56. The van der Waals surface area contributed by atoms with Crippen molar-refractivity contribution in [3.8, 4) is 0 Å². The van der Waals surface area contributed by atoms with Gasteiger partial charge in [0.25, 0.3) is 0 Å². The van der Waals surface area contributed by atoms with E-state index in [1.165, 1.54) is 0 Å². The molecule has 0 aromatic heterocycles. The van der Waals surface area contributed by atoms with Gasteiger partial charge in [0, 0.05) is 6.54 Å². The summed E-state index contributed by atoms with van der Waals surface area (Å²) in [7, 11) is -3.33. The number of benzene rings is 2. The summed E-state index contributed by atoms with van der Waals surface area (Å²) in [5, 5.41) is 4.12. The molecule has 2 aromatic rings. The van der Waals surface area contributed by atoms with Gasteiger partial charge < -0.3 is 5.32 Å². The van der Waals surface area contributed by atoms with Crippen LogP contribution in [-0.4, -0.2) is 14.7 Å². The van der Waals surface area contributed by atoms with E-state index in [9.17, 15) is 8.42 Å². The van der Waals surface area contributed by atoms with Crippen molar-refractivity contribution in [3.05, 3.63) is 58.1 Å². The quantitative estimate of drug-likeness (QED) is 0.862. The summed E-state index contributed by atoms with van der Waals surface area (Å²) in [6, 6.07) is 12.4. The van der Waals surface area contributed by atoms with E-state index in [4.69, 9.17) is 23.2 Å². The van der Waals surface area contributed by atoms with Gasteiger partial charge in [0.05, 0.1) is 27.7 Å². The Morgan fingerprint density at radius 1 is 1.00 bits per heavy atom. The van der Waals surface area contributed by atoms with E-state index in [0.717, 1.165) is 11.8 Å². The lowest BCUT2D eigenvalue weighted by atomic mass is 10.2. The summed E-state index contributed by atoms with van der Waals surface area (Å²) >= 11 is 12.1. The highest BCUT2D eigenvalue weighted by atomic mass is 35.5. The highest BCUT2D eigenvalue weighted by Crippen LogP contribution is 2.27. The molecule has 2 N–H and O–H groups in total. The molecule has 7 heteroatoms. The number of nitrogens with one attached hydrogen (secondary N) is 2. The summed E-state index contributed by atoms with van der Waals surface area (Å²) in [5.41, 5.74) is 1.98. The van der Waals surface area contributed by atoms with Crippen LogP contribution in [0, 0.1) is 0 Å². The van der Waals surface area contributed by atoms with Gasteiger partial charge >= 0.3 is 0 Å². The number of rotatable bonds is 5. The van der Waals surface area contributed by atoms with Crippen LogP contribution < -0.4 is 10.0 Å². The molecule has 0 saturated heterocycles. The first kappa shape index (κ1) is 15.9. The SMILES string of the molecule is CS(=O)(=O)Nc1ccccc1NCc1cccc(Cl)c1Cl. The monoisotopic (exact) mass is 344 g/mol. The van der Waals surface area contributed by atoms with Crippen LogP contribution >= 0.6 is 23.2 Å². The maximum atomic E-state index is 11.3. The molecule has 0 aliphatic heterocycles. The fraction of sp³-hybridized carbons (Fsp3) is 0.143. The van der Waals surface area contributed by atoms with Crippen LogP contribution in [0.25, 0.3) is 0 Å². The normalized spacial score (nSPS) is 11.2. The predicted molar refractivity (Wildman–Crippen MR) is 88.7 cm³/mol. The van der Waals surface area contributed by atoms with Crippen LogP contribution in [0.4, 0.5) is 11.4 Å². The van der Waals surface area contributed by atoms with Crippen molar-refractivity contribution in [3.63, 3.8) is 0 Å². The van der Waals surface area contributed by atoms with E-state index in [2.05, 4.69) is 10.0 Å². The Morgan fingerprint density at radius 3 is 2.33 bits per heavy atom. The fourth-order valence-corrected chi connectivity index (χ4v) is 2.77. The van der Waals surface area contributed by atoms with E-state index in [1.807, 2.05) is 18.2 Å². The molecular weight excluding hydrogens is 331 g/mol. The molecular formula is C14H14Cl2N2O2S. The average Bonchev–Trinajstić information content (AvgIpc) is 2.40. The third kappa shape index (κ3) is 4.52. The van der Waals surface area contributed by atoms with Gasteiger partial charge in [-0.2, -0.15) is 0 Å². The Balaban J connectivity index is 2.19. The summed E-state index contributed by atoms with van der Waals surface area (Å²) in [5.74, 6) is 0. The zero-order chi connectivity index (χ0) is 15.5. The van der Waals surface area contributed by atoms with Crippen LogP contribution in [0.15, 0.2) is 42.5 Å².